The topological polar surface area (TPSA) is 78.9 Å². The van der Waals surface area contributed by atoms with Crippen LogP contribution in [0, 0.1) is 0 Å². The Morgan fingerprint density at radius 2 is 0.513 bits per heavy atom. The lowest BCUT2D eigenvalue weighted by Gasteiger charge is -2.18. The van der Waals surface area contributed by atoms with Crippen molar-refractivity contribution in [2.75, 3.05) is 13.2 Å². The highest BCUT2D eigenvalue weighted by Crippen LogP contribution is 2.17. The Morgan fingerprint density at radius 3 is 0.803 bits per heavy atom. The van der Waals surface area contributed by atoms with E-state index >= 15 is 0 Å². The molecule has 6 heteroatoms. The summed E-state index contributed by atoms with van der Waals surface area (Å²) in [7, 11) is 0. The van der Waals surface area contributed by atoms with E-state index in [0.717, 1.165) is 109 Å². The maximum Gasteiger partial charge on any atom is 0.306 e. The Hall–Kier alpha value is -3.41. The molecule has 1 atom stereocenters. The van der Waals surface area contributed by atoms with Crippen LogP contribution in [0.25, 0.3) is 0 Å². The number of carbonyl (C=O) groups is 3. The van der Waals surface area contributed by atoms with E-state index in [1.165, 1.54) is 173 Å². The zero-order chi connectivity index (χ0) is 55.0. The smallest absolute Gasteiger partial charge is 0.306 e. The number of allylic oxidation sites excluding steroid dienone is 14. The SMILES string of the molecule is CC/C=C\C/C=C\C/C=C\C/C=C\CCCCCCCCCCCCCCCCCCCCCCC(=O)OCC(COC(=O)CCCCCCCCCC)OC(=O)CCCCCCCCC/C=C\C/C=C\C/C=C\CC. The molecular formula is C70H122O6. The third-order valence-corrected chi connectivity index (χ3v) is 14.1. The van der Waals surface area contributed by atoms with Crippen molar-refractivity contribution in [3.8, 4) is 0 Å². The third-order valence-electron chi connectivity index (χ3n) is 14.1. The fraction of sp³-hybridized carbons (Fsp3) is 0.757. The molecule has 0 heterocycles. The van der Waals surface area contributed by atoms with Crippen molar-refractivity contribution in [2.24, 2.45) is 0 Å². The van der Waals surface area contributed by atoms with Crippen molar-refractivity contribution in [1.29, 1.82) is 0 Å². The molecule has 0 aromatic heterocycles. The molecule has 0 aromatic carbocycles. The van der Waals surface area contributed by atoms with Crippen LogP contribution in [0.1, 0.15) is 323 Å². The standard InChI is InChI=1S/C70H122O6/c1-4-7-10-13-16-19-21-23-25-27-28-29-30-31-32-33-34-35-36-37-38-39-40-41-42-44-45-47-49-51-54-57-60-63-69(72)75-66-67(65-74-68(71)62-59-56-53-18-15-12-9-6-3)76-70(73)64-61-58-55-52-50-48-46-43-26-24-22-20-17-14-11-8-5-2/h7-8,10-11,16-17,19-20,23-26,28-29,67H,4-6,9,12-15,18,21-22,27,30-66H2,1-3H3/b10-7-,11-8-,19-16-,20-17-,25-23-,26-24-,29-28-. The second-order valence-corrected chi connectivity index (χ2v) is 21.6. The van der Waals surface area contributed by atoms with Crippen LogP contribution in [-0.2, 0) is 28.6 Å². The minimum atomic E-state index is -0.777. The molecule has 0 radical (unpaired) electrons. The average molecular weight is 1060 g/mol. The van der Waals surface area contributed by atoms with Crippen molar-refractivity contribution in [2.45, 2.75) is 329 Å². The predicted molar refractivity (Wildman–Crippen MR) is 330 cm³/mol. The second-order valence-electron chi connectivity index (χ2n) is 21.6. The Balaban J connectivity index is 4.03. The van der Waals surface area contributed by atoms with E-state index in [2.05, 4.69) is 106 Å². The van der Waals surface area contributed by atoms with Crippen LogP contribution in [0.15, 0.2) is 85.1 Å². The highest BCUT2D eigenvalue weighted by molar-refractivity contribution is 5.71. The normalized spacial score (nSPS) is 12.6. The summed E-state index contributed by atoms with van der Waals surface area (Å²) in [5, 5.41) is 0. The van der Waals surface area contributed by atoms with E-state index in [-0.39, 0.29) is 31.1 Å². The summed E-state index contributed by atoms with van der Waals surface area (Å²) < 4.78 is 16.9. The van der Waals surface area contributed by atoms with Gasteiger partial charge in [0.15, 0.2) is 6.10 Å². The van der Waals surface area contributed by atoms with Gasteiger partial charge in [0, 0.05) is 19.3 Å². The van der Waals surface area contributed by atoms with Gasteiger partial charge in [-0.3, -0.25) is 14.4 Å². The molecule has 0 aliphatic rings. The van der Waals surface area contributed by atoms with E-state index in [4.69, 9.17) is 14.2 Å². The average Bonchev–Trinajstić information content (AvgIpc) is 3.42. The van der Waals surface area contributed by atoms with Gasteiger partial charge in [-0.2, -0.15) is 0 Å². The highest BCUT2D eigenvalue weighted by atomic mass is 16.6. The summed E-state index contributed by atoms with van der Waals surface area (Å²) in [5.41, 5.74) is 0. The molecule has 0 aliphatic carbocycles. The van der Waals surface area contributed by atoms with Crippen LogP contribution in [0.5, 0.6) is 0 Å². The summed E-state index contributed by atoms with van der Waals surface area (Å²) in [4.78, 5) is 38.1. The molecule has 0 saturated heterocycles. The van der Waals surface area contributed by atoms with Gasteiger partial charge in [0.05, 0.1) is 0 Å². The van der Waals surface area contributed by atoms with Gasteiger partial charge in [0.1, 0.15) is 13.2 Å². The molecule has 0 saturated carbocycles. The molecule has 0 spiro atoms. The molecule has 0 bridgehead atoms. The Bertz CT molecular complexity index is 1450. The first-order valence-corrected chi connectivity index (χ1v) is 32.6. The number of esters is 3. The summed E-state index contributed by atoms with van der Waals surface area (Å²) in [5.74, 6) is -0.877. The minimum Gasteiger partial charge on any atom is -0.462 e. The number of hydrogen-bond donors (Lipinski definition) is 0. The Kier molecular flexibility index (Phi) is 61.2. The van der Waals surface area contributed by atoms with Gasteiger partial charge >= 0.3 is 17.9 Å². The largest absolute Gasteiger partial charge is 0.462 e. The lowest BCUT2D eigenvalue weighted by atomic mass is 10.0. The van der Waals surface area contributed by atoms with Crippen molar-refractivity contribution < 1.29 is 28.6 Å². The second kappa shape index (κ2) is 64.1. The zero-order valence-corrected chi connectivity index (χ0v) is 50.3. The van der Waals surface area contributed by atoms with Gasteiger partial charge < -0.3 is 14.2 Å². The van der Waals surface area contributed by atoms with Gasteiger partial charge in [0.25, 0.3) is 0 Å². The number of hydrogen-bond acceptors (Lipinski definition) is 6. The van der Waals surface area contributed by atoms with Gasteiger partial charge in [-0.05, 0) is 89.9 Å². The van der Waals surface area contributed by atoms with E-state index in [9.17, 15) is 14.4 Å². The molecule has 0 N–H and O–H groups in total. The summed E-state index contributed by atoms with van der Waals surface area (Å²) in [6, 6.07) is 0. The van der Waals surface area contributed by atoms with E-state index in [0.29, 0.717) is 19.3 Å². The molecule has 0 aliphatic heterocycles. The molecule has 0 aromatic rings. The first kappa shape index (κ1) is 72.6. The Morgan fingerprint density at radius 1 is 0.276 bits per heavy atom. The van der Waals surface area contributed by atoms with Crippen LogP contribution in [0.4, 0.5) is 0 Å². The fourth-order valence-corrected chi connectivity index (χ4v) is 9.33. The third kappa shape index (κ3) is 61.4. The van der Waals surface area contributed by atoms with Crippen LogP contribution < -0.4 is 0 Å². The van der Waals surface area contributed by atoms with E-state index in [1.807, 2.05) is 0 Å². The van der Waals surface area contributed by atoms with E-state index in [1.54, 1.807) is 0 Å². The molecule has 0 fully saturated rings. The van der Waals surface area contributed by atoms with Crippen molar-refractivity contribution in [3.63, 3.8) is 0 Å². The fourth-order valence-electron chi connectivity index (χ4n) is 9.33. The van der Waals surface area contributed by atoms with Gasteiger partial charge in [-0.1, -0.05) is 298 Å². The van der Waals surface area contributed by atoms with Gasteiger partial charge in [0.2, 0.25) is 0 Å². The number of rotatable bonds is 59. The number of carbonyl (C=O) groups excluding carboxylic acids is 3. The molecule has 76 heavy (non-hydrogen) atoms. The molecule has 438 valence electrons. The first-order valence-electron chi connectivity index (χ1n) is 32.6. The van der Waals surface area contributed by atoms with Crippen molar-refractivity contribution in [3.05, 3.63) is 85.1 Å². The van der Waals surface area contributed by atoms with Crippen LogP contribution >= 0.6 is 0 Å². The number of unbranched alkanes of at least 4 members (excludes halogenated alkanes) is 34. The zero-order valence-electron chi connectivity index (χ0n) is 50.3. The maximum absolute atomic E-state index is 12.8. The van der Waals surface area contributed by atoms with Crippen LogP contribution in [0.2, 0.25) is 0 Å². The monoisotopic (exact) mass is 1060 g/mol. The molecule has 1 unspecified atom stereocenters. The van der Waals surface area contributed by atoms with Crippen molar-refractivity contribution in [1.82, 2.24) is 0 Å². The quantitative estimate of drug-likeness (QED) is 0.0261. The van der Waals surface area contributed by atoms with Crippen LogP contribution in [0.3, 0.4) is 0 Å². The number of ether oxygens (including phenoxy) is 3. The summed E-state index contributed by atoms with van der Waals surface area (Å²) in [6.45, 7) is 6.41. The highest BCUT2D eigenvalue weighted by Gasteiger charge is 2.19. The molecule has 0 amide bonds. The lowest BCUT2D eigenvalue weighted by molar-refractivity contribution is -0.167. The Labute approximate surface area is 471 Å². The predicted octanol–water partition coefficient (Wildman–Crippen LogP) is 22.3. The molecule has 6 nitrogen and oxygen atoms in total. The minimum absolute atomic E-state index is 0.0759. The summed E-state index contributed by atoms with van der Waals surface area (Å²) >= 11 is 0. The summed E-state index contributed by atoms with van der Waals surface area (Å²) in [6.07, 6.45) is 84.8. The van der Waals surface area contributed by atoms with E-state index < -0.39 is 6.10 Å². The maximum atomic E-state index is 12.8. The first-order chi connectivity index (χ1) is 37.5. The molecular weight excluding hydrogens is 937 g/mol. The molecule has 0 rings (SSSR count). The van der Waals surface area contributed by atoms with Crippen LogP contribution in [-0.4, -0.2) is 37.2 Å². The van der Waals surface area contributed by atoms with Gasteiger partial charge in [-0.15, -0.1) is 0 Å². The van der Waals surface area contributed by atoms with Crippen molar-refractivity contribution >= 4 is 17.9 Å². The van der Waals surface area contributed by atoms with Gasteiger partial charge in [-0.25, -0.2) is 0 Å². The lowest BCUT2D eigenvalue weighted by Crippen LogP contribution is -2.30.